The molecule has 0 aliphatic carbocycles. The van der Waals surface area contributed by atoms with Crippen LogP contribution in [0.25, 0.3) is 22.2 Å². The molecule has 5 heterocycles. The van der Waals surface area contributed by atoms with Crippen molar-refractivity contribution in [3.8, 4) is 11.3 Å². The molecular formula is C22H20FN5O5. The van der Waals surface area contributed by atoms with E-state index in [4.69, 9.17) is 9.26 Å². The Bertz CT molecular complexity index is 1310. The maximum absolute atomic E-state index is 16.0. The van der Waals surface area contributed by atoms with Gasteiger partial charge < -0.3 is 14.2 Å². The Morgan fingerprint density at radius 2 is 2.09 bits per heavy atom. The van der Waals surface area contributed by atoms with E-state index in [9.17, 15) is 14.4 Å². The first-order valence-electron chi connectivity index (χ1n) is 10.7. The van der Waals surface area contributed by atoms with Crippen LogP contribution in [0.15, 0.2) is 23.0 Å². The number of imide groups is 1. The molecule has 1 spiro atoms. The van der Waals surface area contributed by atoms with E-state index in [1.165, 1.54) is 0 Å². The van der Waals surface area contributed by atoms with Gasteiger partial charge in [0.1, 0.15) is 11.1 Å². The number of amides is 2. The highest BCUT2D eigenvalue weighted by molar-refractivity contribution is 6.22. The van der Waals surface area contributed by atoms with Crippen LogP contribution in [0.2, 0.25) is 0 Å². The lowest BCUT2D eigenvalue weighted by molar-refractivity contribution is -0.158. The summed E-state index contributed by atoms with van der Waals surface area (Å²) in [4.78, 5) is 40.3. The summed E-state index contributed by atoms with van der Waals surface area (Å²) in [5.41, 5.74) is 0.169. The van der Waals surface area contributed by atoms with E-state index in [0.717, 1.165) is 0 Å². The van der Waals surface area contributed by atoms with Crippen LogP contribution >= 0.6 is 0 Å². The number of aromatic amines is 1. The first kappa shape index (κ1) is 20.0. The number of nitrogens with zero attached hydrogens (tertiary/aromatic N) is 3. The number of carbonyl (C=O) groups excluding carboxylic acids is 3. The zero-order valence-corrected chi connectivity index (χ0v) is 17.8. The van der Waals surface area contributed by atoms with Crippen LogP contribution in [0.4, 0.5) is 10.1 Å². The van der Waals surface area contributed by atoms with Crippen molar-refractivity contribution in [3.05, 3.63) is 29.8 Å². The summed E-state index contributed by atoms with van der Waals surface area (Å²) < 4.78 is 27.3. The Kier molecular flexibility index (Phi) is 4.07. The number of anilines is 1. The number of hydrogen-bond donors (Lipinski definition) is 2. The molecule has 2 saturated heterocycles. The molecule has 0 saturated carbocycles. The molecule has 6 rings (SSSR count). The fourth-order valence-electron chi connectivity index (χ4n) is 5.73. The Morgan fingerprint density at radius 3 is 2.82 bits per heavy atom. The molecule has 3 aliphatic heterocycles. The lowest BCUT2D eigenvalue weighted by Crippen LogP contribution is -2.72. The molecule has 2 amide bonds. The van der Waals surface area contributed by atoms with Gasteiger partial charge in [0.15, 0.2) is 11.6 Å². The molecule has 10 nitrogen and oxygen atoms in total. The molecule has 2 N–H and O–H groups in total. The SMILES string of the molecule is C[C@@H]1CN2c3c(cc4c(-c5cn[nH]c5)noc4c3F)CC3(C(=O)CC(=O)NC3=O)[C@H]2[C@H](C)O1. The second-order valence-electron chi connectivity index (χ2n) is 8.97. The van der Waals surface area contributed by atoms with Gasteiger partial charge in [0, 0.05) is 18.3 Å². The van der Waals surface area contributed by atoms with E-state index in [2.05, 4.69) is 20.7 Å². The highest BCUT2D eigenvalue weighted by Gasteiger charge is 2.62. The molecule has 33 heavy (non-hydrogen) atoms. The lowest BCUT2D eigenvalue weighted by atomic mass is 9.63. The number of halogens is 1. The van der Waals surface area contributed by atoms with Gasteiger partial charge in [-0.3, -0.25) is 24.8 Å². The predicted octanol–water partition coefficient (Wildman–Crippen LogP) is 1.50. The topological polar surface area (TPSA) is 130 Å². The van der Waals surface area contributed by atoms with Crippen molar-refractivity contribution >= 4 is 34.3 Å². The Morgan fingerprint density at radius 1 is 1.27 bits per heavy atom. The van der Waals surface area contributed by atoms with Gasteiger partial charge in [-0.2, -0.15) is 5.10 Å². The number of hydrogen-bond acceptors (Lipinski definition) is 8. The molecule has 3 aromatic rings. The van der Waals surface area contributed by atoms with Gasteiger partial charge in [-0.05, 0) is 31.9 Å². The van der Waals surface area contributed by atoms with Crippen molar-refractivity contribution < 1.29 is 28.0 Å². The maximum atomic E-state index is 16.0. The van der Waals surface area contributed by atoms with E-state index in [1.807, 2.05) is 6.92 Å². The van der Waals surface area contributed by atoms with Gasteiger partial charge in [0.2, 0.25) is 17.4 Å². The molecule has 2 aromatic heterocycles. The van der Waals surface area contributed by atoms with Crippen molar-refractivity contribution in [1.82, 2.24) is 20.7 Å². The number of nitrogens with one attached hydrogen (secondary N) is 2. The minimum Gasteiger partial charge on any atom is -0.372 e. The fourth-order valence-corrected chi connectivity index (χ4v) is 5.73. The number of morpholine rings is 1. The minimum absolute atomic E-state index is 0.0129. The van der Waals surface area contributed by atoms with Crippen molar-refractivity contribution in [2.24, 2.45) is 5.41 Å². The number of H-pyrrole nitrogens is 1. The third-order valence-corrected chi connectivity index (χ3v) is 6.95. The standard InChI is InChI=1S/C22H20FN5O5/c1-9-8-28-18-11(3-13-17(12-6-24-25-7-12)27-33-19(13)16(18)23)5-22(20(28)10(2)32-9)14(29)4-15(30)26-21(22)31/h3,6-7,9-10,20H,4-5,8H2,1-2H3,(H,24,25)(H,26,30,31)/t9-,10+,20-,22?/m1/s1. The third-order valence-electron chi connectivity index (χ3n) is 6.95. The van der Waals surface area contributed by atoms with Gasteiger partial charge in [-0.15, -0.1) is 0 Å². The van der Waals surface area contributed by atoms with Crippen molar-refractivity contribution in [1.29, 1.82) is 0 Å². The van der Waals surface area contributed by atoms with Crippen LogP contribution in [0, 0.1) is 11.2 Å². The van der Waals surface area contributed by atoms with Crippen LogP contribution in [0.1, 0.15) is 25.8 Å². The van der Waals surface area contributed by atoms with E-state index >= 15 is 4.39 Å². The van der Waals surface area contributed by atoms with Crippen molar-refractivity contribution in [2.75, 3.05) is 11.4 Å². The Balaban J connectivity index is 1.61. The summed E-state index contributed by atoms with van der Waals surface area (Å²) in [5.74, 6) is -2.39. The number of fused-ring (bicyclic) bond motifs is 5. The first-order chi connectivity index (χ1) is 15.8. The van der Waals surface area contributed by atoms with Crippen LogP contribution in [-0.4, -0.2) is 57.7 Å². The summed E-state index contributed by atoms with van der Waals surface area (Å²) >= 11 is 0. The normalized spacial score (nSPS) is 29.4. The number of aromatic nitrogens is 3. The molecule has 2 fully saturated rings. The number of Topliss-reactive ketones (excluding diaryl/α,β-unsaturated/α-hetero) is 1. The van der Waals surface area contributed by atoms with Gasteiger partial charge in [0.05, 0.1) is 41.9 Å². The van der Waals surface area contributed by atoms with Crippen LogP contribution in [-0.2, 0) is 25.5 Å². The monoisotopic (exact) mass is 453 g/mol. The average molecular weight is 453 g/mol. The lowest BCUT2D eigenvalue weighted by Gasteiger charge is -2.55. The highest BCUT2D eigenvalue weighted by atomic mass is 19.1. The zero-order chi connectivity index (χ0) is 23.1. The van der Waals surface area contributed by atoms with Gasteiger partial charge in [0.25, 0.3) is 0 Å². The molecule has 11 heteroatoms. The summed E-state index contributed by atoms with van der Waals surface area (Å²) in [7, 11) is 0. The zero-order valence-electron chi connectivity index (χ0n) is 17.8. The molecule has 3 aliphatic rings. The van der Waals surface area contributed by atoms with Crippen LogP contribution in [0.5, 0.6) is 0 Å². The molecule has 1 aromatic carbocycles. The summed E-state index contributed by atoms with van der Waals surface area (Å²) in [6, 6.07) is 0.941. The van der Waals surface area contributed by atoms with Crippen molar-refractivity contribution in [2.45, 2.75) is 44.9 Å². The Labute approximate surface area is 186 Å². The van der Waals surface area contributed by atoms with Crippen LogP contribution < -0.4 is 10.2 Å². The van der Waals surface area contributed by atoms with E-state index in [-0.39, 0.29) is 30.3 Å². The van der Waals surface area contributed by atoms with Gasteiger partial charge in [-0.25, -0.2) is 4.39 Å². The highest BCUT2D eigenvalue weighted by Crippen LogP contribution is 2.50. The molecular weight excluding hydrogens is 433 g/mol. The third kappa shape index (κ3) is 2.59. The molecule has 170 valence electrons. The minimum atomic E-state index is -1.58. The second kappa shape index (κ2) is 6.70. The largest absolute Gasteiger partial charge is 0.372 e. The smallest absolute Gasteiger partial charge is 0.242 e. The van der Waals surface area contributed by atoms with E-state index in [1.54, 1.807) is 30.3 Å². The fraction of sp³-hybridized carbons (Fsp3) is 0.409. The first-order valence-corrected chi connectivity index (χ1v) is 10.7. The van der Waals surface area contributed by atoms with Crippen LogP contribution in [0.3, 0.4) is 0 Å². The number of ether oxygens (including phenoxy) is 1. The number of benzene rings is 1. The maximum Gasteiger partial charge on any atom is 0.242 e. The van der Waals surface area contributed by atoms with Gasteiger partial charge in [-0.1, -0.05) is 5.16 Å². The second-order valence-corrected chi connectivity index (χ2v) is 8.97. The molecule has 0 bridgehead atoms. The summed E-state index contributed by atoms with van der Waals surface area (Å²) in [6.07, 6.45) is 1.85. The quantitative estimate of drug-likeness (QED) is 0.419. The Hall–Kier alpha value is -3.60. The van der Waals surface area contributed by atoms with Gasteiger partial charge >= 0.3 is 0 Å². The predicted molar refractivity (Wildman–Crippen MR) is 112 cm³/mol. The number of rotatable bonds is 1. The average Bonchev–Trinajstić information content (AvgIpc) is 3.41. The van der Waals surface area contributed by atoms with Crippen molar-refractivity contribution in [3.63, 3.8) is 0 Å². The van der Waals surface area contributed by atoms with E-state index < -0.39 is 47.4 Å². The number of carbonyl (C=O) groups is 3. The summed E-state index contributed by atoms with van der Waals surface area (Å²) in [5, 5.41) is 13.4. The summed E-state index contributed by atoms with van der Waals surface area (Å²) in [6.45, 7) is 3.88. The van der Waals surface area contributed by atoms with E-state index in [0.29, 0.717) is 22.2 Å². The molecule has 0 radical (unpaired) electrons. The molecule has 1 unspecified atom stereocenters. The molecule has 4 atom stereocenters. The number of ketones is 1. The number of piperidine rings is 1.